The first-order valence-electron chi connectivity index (χ1n) is 9.91. The van der Waals surface area contributed by atoms with Crippen LogP contribution in [0.15, 0.2) is 4.99 Å². The van der Waals surface area contributed by atoms with Gasteiger partial charge < -0.3 is 19.9 Å². The number of ether oxygens (including phenoxy) is 1. The van der Waals surface area contributed by atoms with Crippen LogP contribution in [0.5, 0.6) is 0 Å². The van der Waals surface area contributed by atoms with Crippen molar-refractivity contribution in [2.45, 2.75) is 45.4 Å². The lowest BCUT2D eigenvalue weighted by Crippen LogP contribution is -2.43. The van der Waals surface area contributed by atoms with Crippen LogP contribution in [0.25, 0.3) is 0 Å². The maximum Gasteiger partial charge on any atom is 0.193 e. The van der Waals surface area contributed by atoms with E-state index in [2.05, 4.69) is 34.1 Å². The van der Waals surface area contributed by atoms with Gasteiger partial charge in [-0.15, -0.1) is 0 Å². The fourth-order valence-corrected chi connectivity index (χ4v) is 3.81. The van der Waals surface area contributed by atoms with Gasteiger partial charge in [-0.25, -0.2) is 0 Å². The number of guanidine groups is 1. The molecular weight excluding hydrogens is 300 g/mol. The minimum Gasteiger partial charge on any atom is -0.381 e. The van der Waals surface area contributed by atoms with E-state index in [1.165, 1.54) is 58.2 Å². The maximum absolute atomic E-state index is 5.45. The molecule has 0 amide bonds. The first-order chi connectivity index (χ1) is 11.7. The summed E-state index contributed by atoms with van der Waals surface area (Å²) in [5.74, 6) is 2.51. The van der Waals surface area contributed by atoms with E-state index < -0.39 is 0 Å². The lowest BCUT2D eigenvalue weighted by molar-refractivity contribution is 0.0625. The number of piperidine rings is 1. The zero-order valence-electron chi connectivity index (χ0n) is 16.1. The second-order valence-corrected chi connectivity index (χ2v) is 7.66. The molecule has 0 bridgehead atoms. The molecule has 1 atom stereocenters. The van der Waals surface area contributed by atoms with Crippen molar-refractivity contribution in [3.8, 4) is 0 Å². The highest BCUT2D eigenvalue weighted by Crippen LogP contribution is 2.18. The molecule has 2 saturated heterocycles. The average molecular weight is 339 g/mol. The third kappa shape index (κ3) is 6.98. The molecule has 5 nitrogen and oxygen atoms in total. The SMILES string of the molecule is CN=C(NCC(C)CN1CCCCC1)N(C)CCC1CCOCC1. The highest BCUT2D eigenvalue weighted by Gasteiger charge is 2.17. The molecule has 0 radical (unpaired) electrons. The van der Waals surface area contributed by atoms with Crippen LogP contribution in [0.2, 0.25) is 0 Å². The summed E-state index contributed by atoms with van der Waals surface area (Å²) in [5, 5.41) is 3.57. The van der Waals surface area contributed by atoms with Gasteiger partial charge in [0.2, 0.25) is 0 Å². The first kappa shape index (κ1) is 19.5. The largest absolute Gasteiger partial charge is 0.381 e. The molecule has 0 spiro atoms. The number of nitrogens with zero attached hydrogens (tertiary/aromatic N) is 3. The summed E-state index contributed by atoms with van der Waals surface area (Å²) in [4.78, 5) is 9.36. The fourth-order valence-electron chi connectivity index (χ4n) is 3.81. The van der Waals surface area contributed by atoms with Gasteiger partial charge in [0.05, 0.1) is 0 Å². The van der Waals surface area contributed by atoms with Gasteiger partial charge in [0.25, 0.3) is 0 Å². The molecule has 2 fully saturated rings. The molecule has 0 saturated carbocycles. The van der Waals surface area contributed by atoms with E-state index in [-0.39, 0.29) is 0 Å². The normalized spacial score (nSPS) is 22.4. The van der Waals surface area contributed by atoms with Crippen molar-refractivity contribution in [1.82, 2.24) is 15.1 Å². The number of rotatable bonds is 7. The Bertz CT molecular complexity index is 362. The summed E-state index contributed by atoms with van der Waals surface area (Å²) < 4.78 is 5.45. The molecule has 1 N–H and O–H groups in total. The zero-order valence-corrected chi connectivity index (χ0v) is 16.1. The Kier molecular flexibility index (Phi) is 8.89. The zero-order chi connectivity index (χ0) is 17.2. The molecule has 2 heterocycles. The first-order valence-corrected chi connectivity index (χ1v) is 9.91. The third-order valence-corrected chi connectivity index (χ3v) is 5.41. The van der Waals surface area contributed by atoms with Crippen LogP contribution in [0, 0.1) is 11.8 Å². The Morgan fingerprint density at radius 2 is 1.96 bits per heavy atom. The summed E-state index contributed by atoms with van der Waals surface area (Å²) >= 11 is 0. The standard InChI is InChI=1S/C19H38N4O/c1-17(16-23-10-5-4-6-11-23)15-21-19(20-2)22(3)12-7-18-8-13-24-14-9-18/h17-18H,4-16H2,1-3H3,(H,20,21). The molecule has 0 aromatic rings. The average Bonchev–Trinajstić information content (AvgIpc) is 2.62. The van der Waals surface area contributed by atoms with Gasteiger partial charge in [0, 0.05) is 46.9 Å². The van der Waals surface area contributed by atoms with Crippen molar-refractivity contribution >= 4 is 5.96 Å². The molecule has 24 heavy (non-hydrogen) atoms. The molecule has 2 aliphatic heterocycles. The molecule has 0 aromatic heterocycles. The van der Waals surface area contributed by atoms with Crippen LogP contribution in [-0.4, -0.2) is 75.8 Å². The van der Waals surface area contributed by atoms with Crippen molar-refractivity contribution in [3.63, 3.8) is 0 Å². The summed E-state index contributed by atoms with van der Waals surface area (Å²) in [6.45, 7) is 10.1. The molecule has 2 rings (SSSR count). The topological polar surface area (TPSA) is 40.1 Å². The Morgan fingerprint density at radius 3 is 2.62 bits per heavy atom. The van der Waals surface area contributed by atoms with Gasteiger partial charge in [0.15, 0.2) is 5.96 Å². The summed E-state index contributed by atoms with van der Waals surface area (Å²) in [6.07, 6.45) is 7.82. The van der Waals surface area contributed by atoms with Crippen molar-refractivity contribution < 1.29 is 4.74 Å². The lowest BCUT2D eigenvalue weighted by Gasteiger charge is -2.30. The van der Waals surface area contributed by atoms with Crippen LogP contribution in [-0.2, 0) is 4.74 Å². The third-order valence-electron chi connectivity index (χ3n) is 5.41. The van der Waals surface area contributed by atoms with Gasteiger partial charge in [-0.2, -0.15) is 0 Å². The molecule has 2 aliphatic rings. The summed E-state index contributed by atoms with van der Waals surface area (Å²) in [5.41, 5.74) is 0. The van der Waals surface area contributed by atoms with Gasteiger partial charge >= 0.3 is 0 Å². The number of hydrogen-bond donors (Lipinski definition) is 1. The number of nitrogens with one attached hydrogen (secondary N) is 1. The second kappa shape index (κ2) is 10.9. The molecular formula is C19H38N4O. The quantitative estimate of drug-likeness (QED) is 0.572. The molecule has 1 unspecified atom stereocenters. The monoisotopic (exact) mass is 338 g/mol. The highest BCUT2D eigenvalue weighted by molar-refractivity contribution is 5.79. The van der Waals surface area contributed by atoms with Crippen molar-refractivity contribution in [1.29, 1.82) is 0 Å². The number of hydrogen-bond acceptors (Lipinski definition) is 3. The van der Waals surface area contributed by atoms with Crippen LogP contribution in [0.3, 0.4) is 0 Å². The molecule has 0 aromatic carbocycles. The second-order valence-electron chi connectivity index (χ2n) is 7.66. The lowest BCUT2D eigenvalue weighted by atomic mass is 9.96. The van der Waals surface area contributed by atoms with Crippen LogP contribution in [0.1, 0.15) is 45.4 Å². The van der Waals surface area contributed by atoms with E-state index in [0.717, 1.165) is 38.2 Å². The minimum atomic E-state index is 0.656. The van der Waals surface area contributed by atoms with Crippen LogP contribution in [0.4, 0.5) is 0 Å². The van der Waals surface area contributed by atoms with E-state index >= 15 is 0 Å². The molecule has 0 aliphatic carbocycles. The Morgan fingerprint density at radius 1 is 1.25 bits per heavy atom. The van der Waals surface area contributed by atoms with E-state index in [4.69, 9.17) is 4.74 Å². The van der Waals surface area contributed by atoms with Crippen molar-refractivity contribution in [3.05, 3.63) is 0 Å². The molecule has 140 valence electrons. The predicted molar refractivity (Wildman–Crippen MR) is 102 cm³/mol. The van der Waals surface area contributed by atoms with E-state index in [9.17, 15) is 0 Å². The fraction of sp³-hybridized carbons (Fsp3) is 0.947. The Labute approximate surface area is 148 Å². The van der Waals surface area contributed by atoms with Crippen LogP contribution < -0.4 is 5.32 Å². The minimum absolute atomic E-state index is 0.656. The highest BCUT2D eigenvalue weighted by atomic mass is 16.5. The summed E-state index contributed by atoms with van der Waals surface area (Å²) in [6, 6.07) is 0. The smallest absolute Gasteiger partial charge is 0.193 e. The van der Waals surface area contributed by atoms with Crippen molar-refractivity contribution in [2.24, 2.45) is 16.8 Å². The van der Waals surface area contributed by atoms with Gasteiger partial charge in [0.1, 0.15) is 0 Å². The van der Waals surface area contributed by atoms with Gasteiger partial charge in [-0.05, 0) is 57.0 Å². The summed E-state index contributed by atoms with van der Waals surface area (Å²) in [7, 11) is 4.05. The Balaban J connectivity index is 1.64. The van der Waals surface area contributed by atoms with E-state index in [1.807, 2.05) is 7.05 Å². The molecule has 5 heteroatoms. The van der Waals surface area contributed by atoms with Gasteiger partial charge in [-0.3, -0.25) is 4.99 Å². The maximum atomic E-state index is 5.45. The van der Waals surface area contributed by atoms with Crippen molar-refractivity contribution in [2.75, 3.05) is 60.0 Å². The Hall–Kier alpha value is -0.810. The van der Waals surface area contributed by atoms with Crippen LogP contribution >= 0.6 is 0 Å². The number of likely N-dealkylation sites (tertiary alicyclic amines) is 1. The van der Waals surface area contributed by atoms with Gasteiger partial charge in [-0.1, -0.05) is 13.3 Å². The van der Waals surface area contributed by atoms with E-state index in [1.54, 1.807) is 0 Å². The van der Waals surface area contributed by atoms with E-state index in [0.29, 0.717) is 5.92 Å². The number of aliphatic imine (C=N–C) groups is 1. The predicted octanol–water partition coefficient (Wildman–Crippen LogP) is 2.43.